The molecule has 1 aromatic carbocycles. The molecule has 100 valence electrons. The number of hydrogen-bond donors (Lipinski definition) is 1. The quantitative estimate of drug-likeness (QED) is 0.839. The van der Waals surface area contributed by atoms with Crippen LogP contribution >= 0.6 is 0 Å². The van der Waals surface area contributed by atoms with Crippen LogP contribution in [0.5, 0.6) is 0 Å². The number of carbonyl (C=O) groups is 1. The normalized spacial score (nSPS) is 15.0. The Morgan fingerprint density at radius 2 is 1.94 bits per heavy atom. The maximum atomic E-state index is 14.0. The van der Waals surface area contributed by atoms with Crippen LogP contribution in [0.15, 0.2) is 24.3 Å². The molecule has 5 heteroatoms. The molecule has 1 aromatic rings. The van der Waals surface area contributed by atoms with Gasteiger partial charge in [-0.15, -0.1) is 0 Å². The highest BCUT2D eigenvalue weighted by Gasteiger charge is 2.57. The highest BCUT2D eigenvalue weighted by atomic mass is 19.3. The number of nitrogens with two attached hydrogens (primary N) is 1. The van der Waals surface area contributed by atoms with Gasteiger partial charge in [0.05, 0.1) is 7.11 Å². The van der Waals surface area contributed by atoms with E-state index in [1.807, 2.05) is 0 Å². The van der Waals surface area contributed by atoms with Crippen molar-refractivity contribution in [3.8, 4) is 0 Å². The Bertz CT molecular complexity index is 443. The van der Waals surface area contributed by atoms with Gasteiger partial charge in [0.2, 0.25) is 0 Å². The molecule has 0 heterocycles. The summed E-state index contributed by atoms with van der Waals surface area (Å²) >= 11 is 0. The molecule has 0 saturated heterocycles. The number of aryl methyl sites for hydroxylation is 1. The van der Waals surface area contributed by atoms with Gasteiger partial charge in [0, 0.05) is 13.5 Å². The van der Waals surface area contributed by atoms with Crippen molar-refractivity contribution in [3.63, 3.8) is 0 Å². The Hall–Kier alpha value is -1.49. The molecule has 1 rings (SSSR count). The van der Waals surface area contributed by atoms with E-state index < -0.39 is 23.9 Å². The van der Waals surface area contributed by atoms with Crippen LogP contribution in [0.3, 0.4) is 0 Å². The predicted molar refractivity (Wildman–Crippen MR) is 64.5 cm³/mol. The SMILES string of the molecule is COC(=O)C(CN)(c1ccccc1C)C(C)(F)F. The molecule has 0 fully saturated rings. The number of ether oxygens (including phenoxy) is 1. The van der Waals surface area contributed by atoms with E-state index in [-0.39, 0.29) is 5.56 Å². The lowest BCUT2D eigenvalue weighted by molar-refractivity contribution is -0.163. The van der Waals surface area contributed by atoms with E-state index >= 15 is 0 Å². The van der Waals surface area contributed by atoms with Crippen LogP contribution in [0, 0.1) is 6.92 Å². The largest absolute Gasteiger partial charge is 0.468 e. The van der Waals surface area contributed by atoms with E-state index in [1.54, 1.807) is 25.1 Å². The monoisotopic (exact) mass is 257 g/mol. The highest BCUT2D eigenvalue weighted by molar-refractivity contribution is 5.85. The zero-order chi connectivity index (χ0) is 14.0. The van der Waals surface area contributed by atoms with Gasteiger partial charge in [0.25, 0.3) is 5.92 Å². The van der Waals surface area contributed by atoms with Gasteiger partial charge in [-0.2, -0.15) is 0 Å². The first-order valence-electron chi connectivity index (χ1n) is 5.53. The lowest BCUT2D eigenvalue weighted by Crippen LogP contribution is -2.56. The Morgan fingerprint density at radius 1 is 1.39 bits per heavy atom. The van der Waals surface area contributed by atoms with Crippen molar-refractivity contribution in [3.05, 3.63) is 35.4 Å². The number of alkyl halides is 2. The fourth-order valence-corrected chi connectivity index (χ4v) is 2.12. The van der Waals surface area contributed by atoms with E-state index in [0.29, 0.717) is 12.5 Å². The van der Waals surface area contributed by atoms with Crippen molar-refractivity contribution >= 4 is 5.97 Å². The van der Waals surface area contributed by atoms with Crippen LogP contribution in [0.1, 0.15) is 18.1 Å². The minimum Gasteiger partial charge on any atom is -0.468 e. The molecule has 1 atom stereocenters. The first-order valence-corrected chi connectivity index (χ1v) is 5.53. The first-order chi connectivity index (χ1) is 8.31. The third kappa shape index (κ3) is 2.10. The molecule has 0 amide bonds. The third-order valence-electron chi connectivity index (χ3n) is 3.19. The van der Waals surface area contributed by atoms with Crippen molar-refractivity contribution in [2.75, 3.05) is 13.7 Å². The third-order valence-corrected chi connectivity index (χ3v) is 3.19. The van der Waals surface area contributed by atoms with Gasteiger partial charge in [-0.1, -0.05) is 24.3 Å². The summed E-state index contributed by atoms with van der Waals surface area (Å²) in [7, 11) is 1.08. The van der Waals surface area contributed by atoms with Gasteiger partial charge >= 0.3 is 5.97 Å². The molecule has 0 aliphatic carbocycles. The van der Waals surface area contributed by atoms with Gasteiger partial charge in [-0.25, -0.2) is 8.78 Å². The number of hydrogen-bond acceptors (Lipinski definition) is 3. The van der Waals surface area contributed by atoms with Gasteiger partial charge in [0.15, 0.2) is 5.41 Å². The van der Waals surface area contributed by atoms with Gasteiger partial charge in [0.1, 0.15) is 0 Å². The Kier molecular flexibility index (Phi) is 4.06. The molecular weight excluding hydrogens is 240 g/mol. The van der Waals surface area contributed by atoms with Crippen molar-refractivity contribution < 1.29 is 18.3 Å². The summed E-state index contributed by atoms with van der Waals surface area (Å²) < 4.78 is 32.5. The van der Waals surface area contributed by atoms with Crippen LogP contribution in [0.4, 0.5) is 8.78 Å². The first kappa shape index (κ1) is 14.6. The summed E-state index contributed by atoms with van der Waals surface area (Å²) in [6, 6.07) is 6.46. The van der Waals surface area contributed by atoms with Crippen molar-refractivity contribution in [1.29, 1.82) is 0 Å². The Balaban J connectivity index is 3.56. The minimum atomic E-state index is -3.32. The van der Waals surface area contributed by atoms with Crippen LogP contribution < -0.4 is 5.73 Å². The number of carbonyl (C=O) groups excluding carboxylic acids is 1. The number of benzene rings is 1. The summed E-state index contributed by atoms with van der Waals surface area (Å²) in [6.45, 7) is 1.83. The zero-order valence-corrected chi connectivity index (χ0v) is 10.7. The van der Waals surface area contributed by atoms with E-state index in [1.165, 1.54) is 6.07 Å². The fraction of sp³-hybridized carbons (Fsp3) is 0.462. The molecule has 0 aliphatic heterocycles. The Morgan fingerprint density at radius 3 is 2.33 bits per heavy atom. The molecule has 1 unspecified atom stereocenters. The molecule has 0 spiro atoms. The molecule has 2 N–H and O–H groups in total. The van der Waals surface area contributed by atoms with E-state index in [2.05, 4.69) is 4.74 Å². The number of methoxy groups -OCH3 is 1. The molecule has 18 heavy (non-hydrogen) atoms. The van der Waals surface area contributed by atoms with E-state index in [9.17, 15) is 13.6 Å². The summed E-state index contributed by atoms with van der Waals surface area (Å²) in [5, 5.41) is 0. The maximum Gasteiger partial charge on any atom is 0.323 e. The summed E-state index contributed by atoms with van der Waals surface area (Å²) in [4.78, 5) is 11.9. The zero-order valence-electron chi connectivity index (χ0n) is 10.7. The molecule has 0 aliphatic rings. The second-order valence-electron chi connectivity index (χ2n) is 4.30. The second-order valence-corrected chi connectivity index (χ2v) is 4.30. The average molecular weight is 257 g/mol. The van der Waals surface area contributed by atoms with E-state index in [0.717, 1.165) is 7.11 Å². The van der Waals surface area contributed by atoms with Gasteiger partial charge < -0.3 is 10.5 Å². The minimum absolute atomic E-state index is 0.201. The van der Waals surface area contributed by atoms with Crippen molar-refractivity contribution in [1.82, 2.24) is 0 Å². The van der Waals surface area contributed by atoms with Crippen LogP contribution in [-0.4, -0.2) is 25.5 Å². The van der Waals surface area contributed by atoms with Crippen LogP contribution in [0.25, 0.3) is 0 Å². The van der Waals surface area contributed by atoms with Gasteiger partial charge in [-0.3, -0.25) is 4.79 Å². The smallest absolute Gasteiger partial charge is 0.323 e. The lowest BCUT2D eigenvalue weighted by Gasteiger charge is -2.36. The molecular formula is C13H17F2NO2. The lowest BCUT2D eigenvalue weighted by atomic mass is 9.73. The van der Waals surface area contributed by atoms with Crippen molar-refractivity contribution in [2.24, 2.45) is 5.73 Å². The molecule has 0 bridgehead atoms. The summed E-state index contributed by atoms with van der Waals surface area (Å²) in [6.07, 6.45) is 0. The van der Waals surface area contributed by atoms with Crippen molar-refractivity contribution in [2.45, 2.75) is 25.2 Å². The Labute approximate surface area is 105 Å². The average Bonchev–Trinajstić information content (AvgIpc) is 2.30. The number of halogens is 2. The van der Waals surface area contributed by atoms with Crippen LogP contribution in [-0.2, 0) is 14.9 Å². The topological polar surface area (TPSA) is 52.3 Å². The number of rotatable bonds is 4. The van der Waals surface area contributed by atoms with Gasteiger partial charge in [-0.05, 0) is 18.1 Å². The molecule has 0 saturated carbocycles. The number of esters is 1. The van der Waals surface area contributed by atoms with E-state index in [4.69, 9.17) is 5.73 Å². The molecule has 0 radical (unpaired) electrons. The molecule has 0 aromatic heterocycles. The molecule has 3 nitrogen and oxygen atoms in total. The summed E-state index contributed by atoms with van der Waals surface area (Å²) in [5.41, 5.74) is 4.12. The maximum absolute atomic E-state index is 14.0. The van der Waals surface area contributed by atoms with Crippen LogP contribution in [0.2, 0.25) is 0 Å². The fourth-order valence-electron chi connectivity index (χ4n) is 2.12. The standard InChI is InChI=1S/C13H17F2NO2/c1-9-6-4-5-7-10(9)13(8-16,11(17)18-3)12(2,14)15/h4-7H,8,16H2,1-3H3. The second kappa shape index (κ2) is 5.02. The highest BCUT2D eigenvalue weighted by Crippen LogP contribution is 2.41. The summed E-state index contributed by atoms with van der Waals surface area (Å²) in [5.74, 6) is -4.34. The predicted octanol–water partition coefficient (Wildman–Crippen LogP) is 2.02.